The van der Waals surface area contributed by atoms with Gasteiger partial charge in [0.15, 0.2) is 5.11 Å². The number of pyridine rings is 1. The minimum absolute atomic E-state index is 0.0111. The SMILES string of the molecule is Cc1cc(C2C(c3ccccn3)NC(=S)N2C)c(C)n1-c1cccc(Cl)c1. The van der Waals surface area contributed by atoms with Crippen LogP contribution in [0.5, 0.6) is 0 Å². The van der Waals surface area contributed by atoms with Gasteiger partial charge in [0, 0.05) is 35.3 Å². The number of hydrogen-bond donors (Lipinski definition) is 1. The molecule has 2 aromatic heterocycles. The second kappa shape index (κ2) is 6.98. The molecule has 0 saturated carbocycles. The second-order valence-corrected chi connectivity index (χ2v) is 7.70. The Kier molecular flexibility index (Phi) is 4.66. The van der Waals surface area contributed by atoms with Gasteiger partial charge >= 0.3 is 0 Å². The highest BCUT2D eigenvalue weighted by atomic mass is 35.5. The maximum atomic E-state index is 6.22. The van der Waals surface area contributed by atoms with Gasteiger partial charge < -0.3 is 14.8 Å². The molecule has 4 nitrogen and oxygen atoms in total. The number of rotatable bonds is 3. The van der Waals surface area contributed by atoms with E-state index in [1.807, 2.05) is 49.6 Å². The molecular weight excluding hydrogens is 376 g/mol. The molecule has 1 aliphatic heterocycles. The fourth-order valence-corrected chi connectivity index (χ4v) is 4.37. The first-order valence-corrected chi connectivity index (χ1v) is 9.65. The molecule has 3 heterocycles. The number of aromatic nitrogens is 2. The van der Waals surface area contributed by atoms with Crippen LogP contribution in [0.4, 0.5) is 0 Å². The molecule has 1 aromatic carbocycles. The summed E-state index contributed by atoms with van der Waals surface area (Å²) >= 11 is 11.8. The van der Waals surface area contributed by atoms with Crippen molar-refractivity contribution in [2.45, 2.75) is 25.9 Å². The fourth-order valence-electron chi connectivity index (χ4n) is 3.95. The van der Waals surface area contributed by atoms with Crippen molar-refractivity contribution < 1.29 is 0 Å². The first kappa shape index (κ1) is 18.0. The smallest absolute Gasteiger partial charge is 0.169 e. The van der Waals surface area contributed by atoms with Gasteiger partial charge in [-0.3, -0.25) is 4.98 Å². The minimum atomic E-state index is 0.0111. The maximum Gasteiger partial charge on any atom is 0.169 e. The van der Waals surface area contributed by atoms with Crippen LogP contribution in [0.1, 0.15) is 34.7 Å². The van der Waals surface area contributed by atoms with Crippen molar-refractivity contribution in [3.8, 4) is 5.69 Å². The number of thiocarbonyl (C=S) groups is 1. The topological polar surface area (TPSA) is 33.1 Å². The summed E-state index contributed by atoms with van der Waals surface area (Å²) in [5.74, 6) is 0. The fraction of sp³-hybridized carbons (Fsp3) is 0.238. The highest BCUT2D eigenvalue weighted by molar-refractivity contribution is 7.80. The third-order valence-corrected chi connectivity index (χ3v) is 5.83. The van der Waals surface area contributed by atoms with Crippen LogP contribution in [0.3, 0.4) is 0 Å². The van der Waals surface area contributed by atoms with E-state index in [2.05, 4.69) is 45.7 Å². The standard InChI is InChI=1S/C21H21ClN4S/c1-13-11-17(14(2)26(13)16-8-6-7-15(22)12-16)20-19(24-21(27)25(20)3)18-9-4-5-10-23-18/h4-12,19-20H,1-3H3,(H,24,27). The van der Waals surface area contributed by atoms with Gasteiger partial charge in [0.05, 0.1) is 17.8 Å². The van der Waals surface area contributed by atoms with Crippen molar-refractivity contribution in [1.82, 2.24) is 19.8 Å². The summed E-state index contributed by atoms with van der Waals surface area (Å²) in [7, 11) is 2.04. The van der Waals surface area contributed by atoms with Crippen LogP contribution in [0.15, 0.2) is 54.7 Å². The molecule has 0 radical (unpaired) electrons. The highest BCUT2D eigenvalue weighted by Gasteiger charge is 2.39. The number of halogens is 1. The van der Waals surface area contributed by atoms with E-state index in [1.54, 1.807) is 0 Å². The van der Waals surface area contributed by atoms with E-state index in [0.717, 1.165) is 27.2 Å². The van der Waals surface area contributed by atoms with Gasteiger partial charge in [0.2, 0.25) is 0 Å². The first-order chi connectivity index (χ1) is 13.0. The molecule has 1 saturated heterocycles. The Labute approximate surface area is 169 Å². The Morgan fingerprint density at radius 3 is 2.63 bits per heavy atom. The third-order valence-electron chi connectivity index (χ3n) is 5.19. The zero-order chi connectivity index (χ0) is 19.1. The van der Waals surface area contributed by atoms with Gasteiger partial charge in [-0.05, 0) is 68.0 Å². The molecule has 3 aromatic rings. The summed E-state index contributed by atoms with van der Waals surface area (Å²) in [6, 6.07) is 16.2. The predicted octanol–water partition coefficient (Wildman–Crippen LogP) is 4.74. The molecule has 1 N–H and O–H groups in total. The number of likely N-dealkylation sites (N-methyl/N-ethyl adjacent to an activating group) is 1. The first-order valence-electron chi connectivity index (χ1n) is 8.86. The minimum Gasteiger partial charge on any atom is -0.352 e. The van der Waals surface area contributed by atoms with Crippen LogP contribution in [0, 0.1) is 13.8 Å². The van der Waals surface area contributed by atoms with E-state index >= 15 is 0 Å². The Morgan fingerprint density at radius 2 is 1.93 bits per heavy atom. The van der Waals surface area contributed by atoms with Crippen LogP contribution in [0.25, 0.3) is 5.69 Å². The van der Waals surface area contributed by atoms with Crippen molar-refractivity contribution in [3.63, 3.8) is 0 Å². The molecule has 4 rings (SSSR count). The lowest BCUT2D eigenvalue weighted by Crippen LogP contribution is -2.25. The summed E-state index contributed by atoms with van der Waals surface area (Å²) < 4.78 is 2.24. The van der Waals surface area contributed by atoms with E-state index < -0.39 is 0 Å². The largest absolute Gasteiger partial charge is 0.352 e. The number of hydrogen-bond acceptors (Lipinski definition) is 2. The number of nitrogens with one attached hydrogen (secondary N) is 1. The van der Waals surface area contributed by atoms with Crippen LogP contribution in [0.2, 0.25) is 5.02 Å². The van der Waals surface area contributed by atoms with Crippen molar-refractivity contribution >= 4 is 28.9 Å². The van der Waals surface area contributed by atoms with E-state index in [1.165, 1.54) is 11.3 Å². The zero-order valence-corrected chi connectivity index (χ0v) is 17.1. The molecule has 0 spiro atoms. The van der Waals surface area contributed by atoms with Crippen LogP contribution in [-0.4, -0.2) is 26.6 Å². The summed E-state index contributed by atoms with van der Waals surface area (Å²) in [5.41, 5.74) is 5.63. The molecule has 1 fully saturated rings. The summed E-state index contributed by atoms with van der Waals surface area (Å²) in [4.78, 5) is 6.68. The lowest BCUT2D eigenvalue weighted by atomic mass is 9.97. The Morgan fingerprint density at radius 1 is 1.11 bits per heavy atom. The summed E-state index contributed by atoms with van der Waals surface area (Å²) in [5, 5.41) is 4.91. The lowest BCUT2D eigenvalue weighted by Gasteiger charge is -2.24. The number of aryl methyl sites for hydroxylation is 1. The van der Waals surface area contributed by atoms with Gasteiger partial charge in [0.1, 0.15) is 0 Å². The van der Waals surface area contributed by atoms with Gasteiger partial charge in [-0.1, -0.05) is 23.7 Å². The van der Waals surface area contributed by atoms with Gasteiger partial charge in [-0.25, -0.2) is 0 Å². The highest BCUT2D eigenvalue weighted by Crippen LogP contribution is 2.40. The number of nitrogens with zero attached hydrogens (tertiary/aromatic N) is 3. The van der Waals surface area contributed by atoms with Crippen molar-refractivity contribution in [3.05, 3.63) is 82.4 Å². The molecule has 2 atom stereocenters. The van der Waals surface area contributed by atoms with Crippen molar-refractivity contribution in [1.29, 1.82) is 0 Å². The van der Waals surface area contributed by atoms with Gasteiger partial charge in [-0.2, -0.15) is 0 Å². The molecule has 0 amide bonds. The Bertz CT molecular complexity index is 999. The van der Waals surface area contributed by atoms with Crippen LogP contribution in [-0.2, 0) is 0 Å². The van der Waals surface area contributed by atoms with E-state index in [4.69, 9.17) is 23.8 Å². The Balaban J connectivity index is 1.82. The van der Waals surface area contributed by atoms with Gasteiger partial charge in [0.25, 0.3) is 0 Å². The van der Waals surface area contributed by atoms with E-state index in [0.29, 0.717) is 0 Å². The summed E-state index contributed by atoms with van der Waals surface area (Å²) in [6.07, 6.45) is 1.82. The average molecular weight is 397 g/mol. The van der Waals surface area contributed by atoms with E-state index in [9.17, 15) is 0 Å². The average Bonchev–Trinajstić information content (AvgIpc) is 3.11. The second-order valence-electron chi connectivity index (χ2n) is 6.88. The molecule has 0 bridgehead atoms. The maximum absolute atomic E-state index is 6.22. The molecule has 2 unspecified atom stereocenters. The molecular formula is C21H21ClN4S. The third kappa shape index (κ3) is 3.11. The molecule has 0 aliphatic carbocycles. The normalized spacial score (nSPS) is 19.4. The van der Waals surface area contributed by atoms with Gasteiger partial charge in [-0.15, -0.1) is 0 Å². The Hall–Kier alpha value is -2.37. The van der Waals surface area contributed by atoms with Crippen LogP contribution >= 0.6 is 23.8 Å². The lowest BCUT2D eigenvalue weighted by molar-refractivity contribution is 0.367. The quantitative estimate of drug-likeness (QED) is 0.648. The number of benzene rings is 1. The monoisotopic (exact) mass is 396 g/mol. The zero-order valence-electron chi connectivity index (χ0n) is 15.5. The summed E-state index contributed by atoms with van der Waals surface area (Å²) in [6.45, 7) is 4.27. The van der Waals surface area contributed by atoms with Crippen LogP contribution < -0.4 is 5.32 Å². The van der Waals surface area contributed by atoms with Crippen molar-refractivity contribution in [2.75, 3.05) is 7.05 Å². The molecule has 138 valence electrons. The molecule has 27 heavy (non-hydrogen) atoms. The molecule has 6 heteroatoms. The van der Waals surface area contributed by atoms with Crippen molar-refractivity contribution in [2.24, 2.45) is 0 Å². The predicted molar refractivity (Wildman–Crippen MR) is 113 cm³/mol. The van der Waals surface area contributed by atoms with E-state index in [-0.39, 0.29) is 12.1 Å². The molecule has 1 aliphatic rings.